The summed E-state index contributed by atoms with van der Waals surface area (Å²) in [7, 11) is -9.91. The molecule has 97 heavy (non-hydrogen) atoms. The van der Waals surface area contributed by atoms with E-state index in [0.29, 0.717) is 25.7 Å². The van der Waals surface area contributed by atoms with E-state index < -0.39 is 97.5 Å². The van der Waals surface area contributed by atoms with Crippen LogP contribution < -0.4 is 0 Å². The fraction of sp³-hybridized carbons (Fsp3) is 0.949. The molecule has 0 aliphatic rings. The first-order chi connectivity index (χ1) is 46.9. The molecule has 0 aromatic rings. The number of ether oxygens (including phenoxy) is 4. The summed E-state index contributed by atoms with van der Waals surface area (Å²) < 4.78 is 68.5. The van der Waals surface area contributed by atoms with E-state index in [0.717, 1.165) is 102 Å². The molecule has 3 N–H and O–H groups in total. The van der Waals surface area contributed by atoms with Crippen molar-refractivity contribution in [1.82, 2.24) is 0 Å². The zero-order valence-electron chi connectivity index (χ0n) is 63.4. The number of phosphoric ester groups is 2. The lowest BCUT2D eigenvalue weighted by Crippen LogP contribution is -2.30. The average Bonchev–Trinajstić information content (AvgIpc) is 1.25. The summed E-state index contributed by atoms with van der Waals surface area (Å²) in [4.78, 5) is 72.8. The van der Waals surface area contributed by atoms with Gasteiger partial charge < -0.3 is 33.8 Å². The Hall–Kier alpha value is -1.94. The van der Waals surface area contributed by atoms with Gasteiger partial charge in [-0.25, -0.2) is 9.13 Å². The lowest BCUT2D eigenvalue weighted by atomic mass is 9.99. The van der Waals surface area contributed by atoms with Gasteiger partial charge in [0.1, 0.15) is 19.3 Å². The summed E-state index contributed by atoms with van der Waals surface area (Å²) in [5, 5.41) is 10.6. The minimum absolute atomic E-state index is 0.105. The van der Waals surface area contributed by atoms with Crippen LogP contribution in [0.3, 0.4) is 0 Å². The number of hydrogen-bond acceptors (Lipinski definition) is 15. The molecule has 0 aromatic carbocycles. The number of carbonyl (C=O) groups is 4. The van der Waals surface area contributed by atoms with Crippen LogP contribution in [-0.4, -0.2) is 96.7 Å². The second-order valence-electron chi connectivity index (χ2n) is 28.8. The molecule has 576 valence electrons. The first-order valence-electron chi connectivity index (χ1n) is 40.5. The van der Waals surface area contributed by atoms with E-state index in [4.69, 9.17) is 37.0 Å². The molecule has 0 amide bonds. The van der Waals surface area contributed by atoms with Gasteiger partial charge in [-0.1, -0.05) is 356 Å². The molecule has 0 aliphatic carbocycles. The molecule has 0 spiro atoms. The van der Waals surface area contributed by atoms with Crippen LogP contribution in [-0.2, 0) is 65.4 Å². The molecule has 0 bridgehead atoms. The fourth-order valence-corrected chi connectivity index (χ4v) is 13.6. The summed E-state index contributed by atoms with van der Waals surface area (Å²) in [5.74, 6) is -0.565. The van der Waals surface area contributed by atoms with E-state index in [-0.39, 0.29) is 25.7 Å². The van der Waals surface area contributed by atoms with E-state index in [1.54, 1.807) is 0 Å². The molecule has 17 nitrogen and oxygen atoms in total. The minimum Gasteiger partial charge on any atom is -0.462 e. The molecule has 0 fully saturated rings. The molecule has 0 rings (SSSR count). The van der Waals surface area contributed by atoms with Crippen molar-refractivity contribution >= 4 is 39.5 Å². The van der Waals surface area contributed by atoms with Crippen LogP contribution in [0.1, 0.15) is 408 Å². The summed E-state index contributed by atoms with van der Waals surface area (Å²) in [6.07, 6.45) is 58.3. The normalized spacial score (nSPS) is 14.2. The van der Waals surface area contributed by atoms with Crippen LogP contribution in [0.2, 0.25) is 0 Å². The monoisotopic (exact) mass is 1420 g/mol. The van der Waals surface area contributed by atoms with Gasteiger partial charge in [0.25, 0.3) is 0 Å². The summed E-state index contributed by atoms with van der Waals surface area (Å²) in [6, 6.07) is 0. The molecule has 0 aliphatic heterocycles. The second kappa shape index (κ2) is 69.8. The third-order valence-electron chi connectivity index (χ3n) is 18.6. The molecule has 0 saturated heterocycles. The Kier molecular flexibility index (Phi) is 68.4. The van der Waals surface area contributed by atoms with Crippen LogP contribution in [0.15, 0.2) is 0 Å². The van der Waals surface area contributed by atoms with Crippen molar-refractivity contribution in [3.05, 3.63) is 0 Å². The second-order valence-corrected chi connectivity index (χ2v) is 31.7. The van der Waals surface area contributed by atoms with E-state index in [2.05, 4.69) is 41.5 Å². The molecule has 3 unspecified atom stereocenters. The van der Waals surface area contributed by atoms with Crippen LogP contribution in [0, 0.1) is 11.8 Å². The number of hydrogen-bond donors (Lipinski definition) is 3. The standard InChI is InChI=1S/C78H152O17P2/c1-7-10-12-14-16-18-19-20-21-22-23-24-25-26-27-28-33-37-44-50-56-62-77(82)94-73(67-89-76(81)61-55-49-43-36-32-30-29-31-35-40-46-52-58-70(4)5)68-92-96(84,85)90-64-72(79)65-91-97(86,87)93-69-74(66-88-75(80)60-54-48-42-34-17-15-13-11-8-2)95-78(83)63-57-51-45-39-38-41-47-53-59-71(6)9-3/h70-74,79H,7-69H2,1-6H3,(H,84,85)(H,86,87)/t71?,72-,73-,74-/m1/s1. The highest BCUT2D eigenvalue weighted by molar-refractivity contribution is 7.47. The predicted octanol–water partition coefficient (Wildman–Crippen LogP) is 23.1. The largest absolute Gasteiger partial charge is 0.472 e. The van der Waals surface area contributed by atoms with E-state index in [9.17, 15) is 43.2 Å². The van der Waals surface area contributed by atoms with Gasteiger partial charge in [0.2, 0.25) is 0 Å². The molecule has 0 radical (unpaired) electrons. The van der Waals surface area contributed by atoms with E-state index in [1.165, 1.54) is 225 Å². The van der Waals surface area contributed by atoms with Crippen molar-refractivity contribution in [2.24, 2.45) is 11.8 Å². The topological polar surface area (TPSA) is 237 Å². The number of phosphoric acid groups is 2. The maximum Gasteiger partial charge on any atom is 0.472 e. The average molecular weight is 1420 g/mol. The lowest BCUT2D eigenvalue weighted by Gasteiger charge is -2.21. The lowest BCUT2D eigenvalue weighted by molar-refractivity contribution is -0.161. The number of esters is 4. The Morgan fingerprint density at radius 1 is 0.299 bits per heavy atom. The Bertz CT molecular complexity index is 1870. The molecule has 0 saturated carbocycles. The van der Waals surface area contributed by atoms with Crippen molar-refractivity contribution < 1.29 is 80.2 Å². The molecule has 0 aromatic heterocycles. The molecule has 0 heterocycles. The minimum atomic E-state index is -4.96. The zero-order valence-corrected chi connectivity index (χ0v) is 65.2. The third-order valence-corrected chi connectivity index (χ3v) is 20.5. The molecule has 6 atom stereocenters. The van der Waals surface area contributed by atoms with E-state index in [1.807, 2.05) is 0 Å². The number of unbranched alkanes of at least 4 members (excludes halogenated alkanes) is 46. The summed E-state index contributed by atoms with van der Waals surface area (Å²) in [5.41, 5.74) is 0. The molecular weight excluding hydrogens is 1270 g/mol. The van der Waals surface area contributed by atoms with Crippen molar-refractivity contribution in [3.63, 3.8) is 0 Å². The van der Waals surface area contributed by atoms with E-state index >= 15 is 0 Å². The fourth-order valence-electron chi connectivity index (χ4n) is 12.0. The van der Waals surface area contributed by atoms with Gasteiger partial charge in [0.05, 0.1) is 26.4 Å². The predicted molar refractivity (Wildman–Crippen MR) is 395 cm³/mol. The van der Waals surface area contributed by atoms with Crippen molar-refractivity contribution in [3.8, 4) is 0 Å². The first kappa shape index (κ1) is 95.1. The highest BCUT2D eigenvalue weighted by atomic mass is 31.2. The van der Waals surface area contributed by atoms with Gasteiger partial charge in [0.15, 0.2) is 12.2 Å². The van der Waals surface area contributed by atoms with Crippen LogP contribution in [0.5, 0.6) is 0 Å². The maximum absolute atomic E-state index is 13.1. The number of aliphatic hydroxyl groups excluding tert-OH is 1. The smallest absolute Gasteiger partial charge is 0.462 e. The molecule has 19 heteroatoms. The van der Waals surface area contributed by atoms with Crippen molar-refractivity contribution in [2.75, 3.05) is 39.6 Å². The van der Waals surface area contributed by atoms with Gasteiger partial charge in [0, 0.05) is 25.7 Å². The zero-order chi connectivity index (χ0) is 71.4. The van der Waals surface area contributed by atoms with Crippen molar-refractivity contribution in [2.45, 2.75) is 426 Å². The number of rotatable bonds is 77. The maximum atomic E-state index is 13.1. The van der Waals surface area contributed by atoms with Gasteiger partial charge in [-0.3, -0.25) is 37.3 Å². The summed E-state index contributed by atoms with van der Waals surface area (Å²) in [6.45, 7) is 9.60. The Morgan fingerprint density at radius 3 is 0.784 bits per heavy atom. The highest BCUT2D eigenvalue weighted by Gasteiger charge is 2.30. The van der Waals surface area contributed by atoms with Crippen LogP contribution in [0.4, 0.5) is 0 Å². The number of aliphatic hydroxyl groups is 1. The van der Waals surface area contributed by atoms with Crippen LogP contribution >= 0.6 is 15.6 Å². The van der Waals surface area contributed by atoms with Gasteiger partial charge in [-0.15, -0.1) is 0 Å². The SMILES string of the molecule is CCCCCCCCCCCCCCCCCCCCCCCC(=O)O[C@H](COC(=O)CCCCCCCCCCCCCCC(C)C)COP(=O)(O)OC[C@@H](O)COP(=O)(O)OC[C@@H](COC(=O)CCCCCCCCCCC)OC(=O)CCCCCCCCCCC(C)CC. The highest BCUT2D eigenvalue weighted by Crippen LogP contribution is 2.45. The third kappa shape index (κ3) is 70.9. The quantitative estimate of drug-likeness (QED) is 0.0222. The van der Waals surface area contributed by atoms with Gasteiger partial charge >= 0.3 is 39.5 Å². The first-order valence-corrected chi connectivity index (χ1v) is 43.5. The van der Waals surface area contributed by atoms with Gasteiger partial charge in [-0.05, 0) is 37.5 Å². The van der Waals surface area contributed by atoms with Crippen LogP contribution in [0.25, 0.3) is 0 Å². The van der Waals surface area contributed by atoms with Crippen molar-refractivity contribution in [1.29, 1.82) is 0 Å². The summed E-state index contributed by atoms with van der Waals surface area (Å²) >= 11 is 0. The Balaban J connectivity index is 5.20. The van der Waals surface area contributed by atoms with Gasteiger partial charge in [-0.2, -0.15) is 0 Å². The number of carbonyl (C=O) groups excluding carboxylic acids is 4. The molecular formula is C78H152O17P2. The Morgan fingerprint density at radius 2 is 0.526 bits per heavy atom. The Labute approximate surface area is 594 Å².